The van der Waals surface area contributed by atoms with E-state index in [1.807, 2.05) is 12.1 Å². The molecule has 0 aliphatic carbocycles. The van der Waals surface area contributed by atoms with Gasteiger partial charge in [-0.2, -0.15) is 0 Å². The van der Waals surface area contributed by atoms with E-state index in [1.54, 1.807) is 12.5 Å². The van der Waals surface area contributed by atoms with Crippen LogP contribution in [0.5, 0.6) is 0 Å². The fourth-order valence-electron chi connectivity index (χ4n) is 3.73. The Morgan fingerprint density at radius 3 is 2.54 bits per heavy atom. The van der Waals surface area contributed by atoms with Gasteiger partial charge in [0.25, 0.3) is 0 Å². The zero-order chi connectivity index (χ0) is 18.0. The van der Waals surface area contributed by atoms with Crippen LogP contribution in [0.4, 0.5) is 11.6 Å². The molecule has 2 aliphatic heterocycles. The lowest BCUT2D eigenvalue weighted by molar-refractivity contribution is -0.275. The molecule has 0 unspecified atom stereocenters. The molecule has 2 N–H and O–H groups in total. The van der Waals surface area contributed by atoms with Crippen molar-refractivity contribution in [3.8, 4) is 11.1 Å². The van der Waals surface area contributed by atoms with Crippen LogP contribution in [-0.4, -0.2) is 47.0 Å². The monoisotopic (exact) mass is 355 g/mol. The van der Waals surface area contributed by atoms with Crippen LogP contribution in [0.25, 0.3) is 11.1 Å². The number of hydrogen-bond acceptors (Lipinski definition) is 7. The van der Waals surface area contributed by atoms with Crippen molar-refractivity contribution in [1.29, 1.82) is 0 Å². The summed E-state index contributed by atoms with van der Waals surface area (Å²) in [6.07, 6.45) is 6.95. The summed E-state index contributed by atoms with van der Waals surface area (Å²) in [6.45, 7) is 5.37. The Morgan fingerprint density at radius 1 is 1.12 bits per heavy atom. The van der Waals surface area contributed by atoms with Crippen molar-refractivity contribution in [3.63, 3.8) is 0 Å². The molecule has 0 saturated carbocycles. The highest BCUT2D eigenvalue weighted by molar-refractivity contribution is 5.78. The quantitative estimate of drug-likeness (QED) is 0.905. The average molecular weight is 355 g/mol. The van der Waals surface area contributed by atoms with Crippen molar-refractivity contribution in [2.24, 2.45) is 0 Å². The summed E-state index contributed by atoms with van der Waals surface area (Å²) in [7, 11) is 0. The first-order chi connectivity index (χ1) is 12.7. The molecule has 0 radical (unpaired) electrons. The highest BCUT2D eigenvalue weighted by Gasteiger charge is 2.39. The molecule has 4 heterocycles. The molecule has 4 rings (SSSR count). The maximum Gasteiger partial charge on any atom is 0.171 e. The maximum absolute atomic E-state index is 5.96. The Hall–Kier alpha value is -2.25. The number of aryl methyl sites for hydroxylation is 1. The Morgan fingerprint density at radius 2 is 1.88 bits per heavy atom. The second-order valence-corrected chi connectivity index (χ2v) is 6.79. The van der Waals surface area contributed by atoms with Gasteiger partial charge in [0.05, 0.1) is 18.9 Å². The summed E-state index contributed by atoms with van der Waals surface area (Å²) < 4.78 is 11.9. The topological polar surface area (TPSA) is 86.4 Å². The predicted molar refractivity (Wildman–Crippen MR) is 99.8 cm³/mol. The maximum atomic E-state index is 5.96. The number of piperidine rings is 1. The largest absolute Gasteiger partial charge is 0.384 e. The molecule has 0 aromatic carbocycles. The Balaban J connectivity index is 1.63. The fraction of sp³-hybridized carbons (Fsp3) is 0.526. The zero-order valence-electron chi connectivity index (χ0n) is 15.1. The minimum absolute atomic E-state index is 0.404. The summed E-state index contributed by atoms with van der Waals surface area (Å²) in [4.78, 5) is 15.7. The van der Waals surface area contributed by atoms with Crippen LogP contribution in [0.1, 0.15) is 31.9 Å². The van der Waals surface area contributed by atoms with Crippen molar-refractivity contribution >= 4 is 11.6 Å². The van der Waals surface area contributed by atoms with E-state index in [1.165, 1.54) is 0 Å². The number of aromatic nitrogens is 3. The molecule has 7 nitrogen and oxygen atoms in total. The van der Waals surface area contributed by atoms with E-state index < -0.39 is 5.79 Å². The lowest BCUT2D eigenvalue weighted by Crippen LogP contribution is -2.50. The summed E-state index contributed by atoms with van der Waals surface area (Å²) in [5.74, 6) is 1.06. The summed E-state index contributed by atoms with van der Waals surface area (Å²) in [5, 5.41) is 0. The van der Waals surface area contributed by atoms with Gasteiger partial charge in [-0.25, -0.2) is 15.0 Å². The number of ether oxygens (including phenoxy) is 2. The molecule has 2 aromatic heterocycles. The standard InChI is InChI=1S/C19H25N5O2/c1-2-15-17(14-4-5-16(20)21-12-14)18(23-13-22-15)24-8-6-19(7-9-24)25-10-3-11-26-19/h4-5,12-13H,2-3,6-11H2,1H3,(H2,20,21). The predicted octanol–water partition coefficient (Wildman–Crippen LogP) is 2.42. The van der Waals surface area contributed by atoms with E-state index in [9.17, 15) is 0 Å². The molecule has 0 atom stereocenters. The molecule has 138 valence electrons. The molecule has 0 amide bonds. The number of nitrogen functional groups attached to an aromatic ring is 1. The second-order valence-electron chi connectivity index (χ2n) is 6.79. The molecule has 0 bridgehead atoms. The lowest BCUT2D eigenvalue weighted by Gasteiger charge is -2.44. The van der Waals surface area contributed by atoms with Crippen molar-refractivity contribution in [2.75, 3.05) is 36.9 Å². The minimum atomic E-state index is -0.404. The van der Waals surface area contributed by atoms with Gasteiger partial charge in [0, 0.05) is 43.3 Å². The van der Waals surface area contributed by atoms with Gasteiger partial charge in [0.1, 0.15) is 18.0 Å². The van der Waals surface area contributed by atoms with Gasteiger partial charge in [0.2, 0.25) is 0 Å². The molecular weight excluding hydrogens is 330 g/mol. The first-order valence-electron chi connectivity index (χ1n) is 9.29. The van der Waals surface area contributed by atoms with E-state index in [-0.39, 0.29) is 0 Å². The zero-order valence-corrected chi connectivity index (χ0v) is 15.1. The van der Waals surface area contributed by atoms with E-state index >= 15 is 0 Å². The van der Waals surface area contributed by atoms with Crippen LogP contribution in [0.3, 0.4) is 0 Å². The lowest BCUT2D eigenvalue weighted by atomic mass is 9.99. The number of nitrogens with zero attached hydrogens (tertiary/aromatic N) is 4. The van der Waals surface area contributed by atoms with E-state index in [4.69, 9.17) is 15.2 Å². The van der Waals surface area contributed by atoms with E-state index in [2.05, 4.69) is 26.8 Å². The highest BCUT2D eigenvalue weighted by Crippen LogP contribution is 2.36. The number of pyridine rings is 1. The number of hydrogen-bond donors (Lipinski definition) is 1. The Kier molecular flexibility index (Phi) is 4.74. The molecule has 26 heavy (non-hydrogen) atoms. The SMILES string of the molecule is CCc1ncnc(N2CCC3(CC2)OCCCO3)c1-c1ccc(N)nc1. The molecule has 1 spiro atoms. The van der Waals surface area contributed by atoms with Crippen LogP contribution < -0.4 is 10.6 Å². The van der Waals surface area contributed by atoms with Crippen molar-refractivity contribution < 1.29 is 9.47 Å². The van der Waals surface area contributed by atoms with E-state index in [0.29, 0.717) is 5.82 Å². The average Bonchev–Trinajstić information content (AvgIpc) is 2.69. The van der Waals surface area contributed by atoms with Crippen molar-refractivity contribution in [3.05, 3.63) is 30.4 Å². The number of rotatable bonds is 3. The molecule has 2 aliphatic rings. The third-order valence-corrected chi connectivity index (χ3v) is 5.16. The molecule has 2 fully saturated rings. The Bertz CT molecular complexity index is 749. The van der Waals surface area contributed by atoms with Gasteiger partial charge < -0.3 is 20.1 Å². The third-order valence-electron chi connectivity index (χ3n) is 5.16. The Labute approximate surface area is 153 Å². The number of nitrogens with two attached hydrogens (primary N) is 1. The smallest absolute Gasteiger partial charge is 0.171 e. The van der Waals surface area contributed by atoms with Crippen molar-refractivity contribution in [2.45, 2.75) is 38.4 Å². The summed E-state index contributed by atoms with van der Waals surface area (Å²) >= 11 is 0. The van der Waals surface area contributed by atoms with Gasteiger partial charge >= 0.3 is 0 Å². The summed E-state index contributed by atoms with van der Waals surface area (Å²) in [6, 6.07) is 3.81. The molecule has 2 saturated heterocycles. The third kappa shape index (κ3) is 3.24. The molecule has 7 heteroatoms. The normalized spacial score (nSPS) is 19.7. The van der Waals surface area contributed by atoms with Gasteiger partial charge in [-0.1, -0.05) is 6.92 Å². The second kappa shape index (κ2) is 7.17. The molecule has 2 aromatic rings. The van der Waals surface area contributed by atoms with Crippen LogP contribution in [0, 0.1) is 0 Å². The van der Waals surface area contributed by atoms with Gasteiger partial charge in [-0.15, -0.1) is 0 Å². The fourth-order valence-corrected chi connectivity index (χ4v) is 3.73. The van der Waals surface area contributed by atoms with Crippen LogP contribution in [0.2, 0.25) is 0 Å². The van der Waals surface area contributed by atoms with Crippen LogP contribution in [0.15, 0.2) is 24.7 Å². The molecular formula is C19H25N5O2. The van der Waals surface area contributed by atoms with Gasteiger partial charge in [-0.3, -0.25) is 0 Å². The van der Waals surface area contributed by atoms with E-state index in [0.717, 1.165) is 74.6 Å². The first-order valence-corrected chi connectivity index (χ1v) is 9.29. The number of anilines is 2. The van der Waals surface area contributed by atoms with Gasteiger partial charge in [-0.05, 0) is 25.0 Å². The van der Waals surface area contributed by atoms with Gasteiger partial charge in [0.15, 0.2) is 5.79 Å². The van der Waals surface area contributed by atoms with Crippen LogP contribution in [-0.2, 0) is 15.9 Å². The van der Waals surface area contributed by atoms with Crippen LogP contribution >= 0.6 is 0 Å². The first kappa shape index (κ1) is 17.2. The highest BCUT2D eigenvalue weighted by atomic mass is 16.7. The van der Waals surface area contributed by atoms with Crippen molar-refractivity contribution in [1.82, 2.24) is 15.0 Å². The minimum Gasteiger partial charge on any atom is -0.384 e. The summed E-state index contributed by atoms with van der Waals surface area (Å²) in [5.41, 5.74) is 8.82.